The first-order chi connectivity index (χ1) is 10.5. The number of halogens is 1. The molecule has 5 nitrogen and oxygen atoms in total. The van der Waals surface area contributed by atoms with E-state index < -0.39 is 5.60 Å². The highest BCUT2D eigenvalue weighted by molar-refractivity contribution is 5.77. The maximum atomic E-state index is 13.1. The molecule has 1 amide bonds. The van der Waals surface area contributed by atoms with Crippen LogP contribution in [0.25, 0.3) is 11.0 Å². The summed E-state index contributed by atoms with van der Waals surface area (Å²) in [6.07, 6.45) is 4.09. The molecular weight excluding hydrogens is 285 g/mol. The van der Waals surface area contributed by atoms with Gasteiger partial charge in [-0.2, -0.15) is 0 Å². The molecule has 1 aromatic heterocycles. The van der Waals surface area contributed by atoms with Gasteiger partial charge in [-0.3, -0.25) is 4.79 Å². The standard InChI is InChI=1S/C16H20FN3O2/c17-11-3-4-12-13(9-11)20-14(19-12)5-8-18-15(21)10-16(22)6-1-2-7-16/h3-4,9,22H,1-2,5-8,10H2,(H,18,21)(H,19,20). The van der Waals surface area contributed by atoms with Crippen molar-refractivity contribution in [3.05, 3.63) is 29.8 Å². The number of nitrogens with zero attached hydrogens (tertiary/aromatic N) is 1. The summed E-state index contributed by atoms with van der Waals surface area (Å²) in [6, 6.07) is 4.40. The molecule has 0 atom stereocenters. The average Bonchev–Trinajstić information content (AvgIpc) is 3.04. The first-order valence-electron chi connectivity index (χ1n) is 7.67. The van der Waals surface area contributed by atoms with Crippen molar-refractivity contribution in [2.45, 2.75) is 44.1 Å². The quantitative estimate of drug-likeness (QED) is 0.791. The van der Waals surface area contributed by atoms with E-state index in [0.717, 1.165) is 12.8 Å². The zero-order chi connectivity index (χ0) is 15.6. The Kier molecular flexibility index (Phi) is 4.11. The molecule has 0 aliphatic heterocycles. The highest BCUT2D eigenvalue weighted by Crippen LogP contribution is 2.32. The second-order valence-corrected chi connectivity index (χ2v) is 6.05. The van der Waals surface area contributed by atoms with Crippen LogP contribution in [-0.2, 0) is 11.2 Å². The lowest BCUT2D eigenvalue weighted by molar-refractivity contribution is -0.125. The summed E-state index contributed by atoms with van der Waals surface area (Å²) < 4.78 is 13.1. The fourth-order valence-corrected chi connectivity index (χ4v) is 3.04. The van der Waals surface area contributed by atoms with Crippen LogP contribution < -0.4 is 5.32 Å². The van der Waals surface area contributed by atoms with Gasteiger partial charge in [0.25, 0.3) is 0 Å². The van der Waals surface area contributed by atoms with E-state index in [4.69, 9.17) is 0 Å². The van der Waals surface area contributed by atoms with Gasteiger partial charge in [0.05, 0.1) is 23.1 Å². The van der Waals surface area contributed by atoms with Crippen LogP contribution in [0.2, 0.25) is 0 Å². The molecule has 1 aliphatic rings. The van der Waals surface area contributed by atoms with E-state index >= 15 is 0 Å². The third-order valence-corrected chi connectivity index (χ3v) is 4.20. The molecule has 0 unspecified atom stereocenters. The SMILES string of the molecule is O=C(CC1(O)CCCC1)NCCc1nc2ccc(F)cc2[nH]1. The highest BCUT2D eigenvalue weighted by Gasteiger charge is 2.33. The predicted molar refractivity (Wildman–Crippen MR) is 80.8 cm³/mol. The highest BCUT2D eigenvalue weighted by atomic mass is 19.1. The average molecular weight is 305 g/mol. The Labute approximate surface area is 127 Å². The molecule has 1 aromatic carbocycles. The molecule has 1 fully saturated rings. The van der Waals surface area contributed by atoms with Crippen LogP contribution >= 0.6 is 0 Å². The minimum absolute atomic E-state index is 0.133. The number of nitrogens with one attached hydrogen (secondary N) is 2. The van der Waals surface area contributed by atoms with Gasteiger partial charge in [-0.25, -0.2) is 9.37 Å². The molecule has 3 rings (SSSR count). The predicted octanol–water partition coefficient (Wildman–Crippen LogP) is 2.06. The molecule has 0 radical (unpaired) electrons. The summed E-state index contributed by atoms with van der Waals surface area (Å²) >= 11 is 0. The molecule has 0 saturated heterocycles. The van der Waals surface area contributed by atoms with Crippen molar-refractivity contribution in [3.8, 4) is 0 Å². The minimum atomic E-state index is -0.818. The van der Waals surface area contributed by atoms with Crippen molar-refractivity contribution in [1.82, 2.24) is 15.3 Å². The molecule has 1 aliphatic carbocycles. The largest absolute Gasteiger partial charge is 0.389 e. The number of fused-ring (bicyclic) bond motifs is 1. The number of rotatable bonds is 5. The Hall–Kier alpha value is -1.95. The number of aromatic amines is 1. The number of amides is 1. The Bertz CT molecular complexity index is 677. The summed E-state index contributed by atoms with van der Waals surface area (Å²) in [6.45, 7) is 0.442. The number of aliphatic hydroxyl groups is 1. The van der Waals surface area contributed by atoms with E-state index in [1.54, 1.807) is 6.07 Å². The van der Waals surface area contributed by atoms with Crippen LogP contribution in [0.15, 0.2) is 18.2 Å². The summed E-state index contributed by atoms with van der Waals surface area (Å²) in [7, 11) is 0. The van der Waals surface area contributed by atoms with Crippen molar-refractivity contribution in [2.75, 3.05) is 6.54 Å². The number of carbonyl (C=O) groups is 1. The number of carbonyl (C=O) groups excluding carboxylic acids is 1. The number of H-pyrrole nitrogens is 1. The van der Waals surface area contributed by atoms with Crippen LogP contribution in [0.3, 0.4) is 0 Å². The second kappa shape index (κ2) is 6.04. The Morgan fingerprint density at radius 1 is 1.41 bits per heavy atom. The van der Waals surface area contributed by atoms with Crippen LogP contribution in [0, 0.1) is 5.82 Å². The zero-order valence-electron chi connectivity index (χ0n) is 12.4. The van der Waals surface area contributed by atoms with Crippen LogP contribution in [0.1, 0.15) is 37.9 Å². The number of hydrogen-bond acceptors (Lipinski definition) is 3. The van der Waals surface area contributed by atoms with Crippen LogP contribution in [-0.4, -0.2) is 33.1 Å². The van der Waals surface area contributed by atoms with E-state index in [-0.39, 0.29) is 18.1 Å². The number of imidazole rings is 1. The van der Waals surface area contributed by atoms with Gasteiger partial charge in [0.2, 0.25) is 5.91 Å². The Balaban J connectivity index is 1.50. The summed E-state index contributed by atoms with van der Waals surface area (Å²) in [5.74, 6) is 0.271. The molecule has 1 saturated carbocycles. The lowest BCUT2D eigenvalue weighted by Gasteiger charge is -2.20. The zero-order valence-corrected chi connectivity index (χ0v) is 12.4. The summed E-state index contributed by atoms with van der Waals surface area (Å²) in [5, 5.41) is 13.0. The molecule has 22 heavy (non-hydrogen) atoms. The number of aromatic nitrogens is 2. The third kappa shape index (κ3) is 3.44. The van der Waals surface area contributed by atoms with Gasteiger partial charge in [0.15, 0.2) is 0 Å². The van der Waals surface area contributed by atoms with Crippen molar-refractivity contribution >= 4 is 16.9 Å². The first kappa shape index (κ1) is 15.0. The molecule has 118 valence electrons. The monoisotopic (exact) mass is 305 g/mol. The fourth-order valence-electron chi connectivity index (χ4n) is 3.04. The van der Waals surface area contributed by atoms with Gasteiger partial charge in [-0.05, 0) is 31.0 Å². The fraction of sp³-hybridized carbons (Fsp3) is 0.500. The molecule has 0 spiro atoms. The van der Waals surface area contributed by atoms with Crippen molar-refractivity contribution < 1.29 is 14.3 Å². The van der Waals surface area contributed by atoms with E-state index in [1.807, 2.05) is 0 Å². The summed E-state index contributed by atoms with van der Waals surface area (Å²) in [5.41, 5.74) is 0.547. The molecule has 1 heterocycles. The van der Waals surface area contributed by atoms with Crippen molar-refractivity contribution in [3.63, 3.8) is 0 Å². The van der Waals surface area contributed by atoms with Gasteiger partial charge >= 0.3 is 0 Å². The van der Waals surface area contributed by atoms with Crippen molar-refractivity contribution in [2.24, 2.45) is 0 Å². The first-order valence-corrected chi connectivity index (χ1v) is 7.67. The van der Waals surface area contributed by atoms with Crippen LogP contribution in [0.5, 0.6) is 0 Å². The summed E-state index contributed by atoms with van der Waals surface area (Å²) in [4.78, 5) is 19.2. The third-order valence-electron chi connectivity index (χ3n) is 4.20. The van der Waals surface area contributed by atoms with E-state index in [1.165, 1.54) is 12.1 Å². The van der Waals surface area contributed by atoms with E-state index in [2.05, 4.69) is 15.3 Å². The van der Waals surface area contributed by atoms with Gasteiger partial charge in [-0.1, -0.05) is 12.8 Å². The molecular formula is C16H20FN3O2. The van der Waals surface area contributed by atoms with E-state index in [9.17, 15) is 14.3 Å². The van der Waals surface area contributed by atoms with Crippen LogP contribution in [0.4, 0.5) is 4.39 Å². The lowest BCUT2D eigenvalue weighted by atomic mass is 9.98. The van der Waals surface area contributed by atoms with Gasteiger partial charge in [0.1, 0.15) is 11.6 Å². The minimum Gasteiger partial charge on any atom is -0.389 e. The molecule has 2 aromatic rings. The lowest BCUT2D eigenvalue weighted by Crippen LogP contribution is -2.35. The Morgan fingerprint density at radius 3 is 2.95 bits per heavy atom. The normalized spacial score (nSPS) is 17.0. The maximum absolute atomic E-state index is 13.1. The van der Waals surface area contributed by atoms with E-state index in [0.29, 0.717) is 42.7 Å². The number of benzene rings is 1. The van der Waals surface area contributed by atoms with Gasteiger partial charge < -0.3 is 15.4 Å². The van der Waals surface area contributed by atoms with Crippen molar-refractivity contribution in [1.29, 1.82) is 0 Å². The van der Waals surface area contributed by atoms with Gasteiger partial charge in [0, 0.05) is 13.0 Å². The topological polar surface area (TPSA) is 78.0 Å². The molecule has 3 N–H and O–H groups in total. The van der Waals surface area contributed by atoms with Gasteiger partial charge in [-0.15, -0.1) is 0 Å². The molecule has 0 bridgehead atoms. The smallest absolute Gasteiger partial charge is 0.222 e. The number of hydrogen-bond donors (Lipinski definition) is 3. The maximum Gasteiger partial charge on any atom is 0.222 e. The Morgan fingerprint density at radius 2 is 2.18 bits per heavy atom. The molecule has 6 heteroatoms. The second-order valence-electron chi connectivity index (χ2n) is 6.05.